The van der Waals surface area contributed by atoms with Gasteiger partial charge in [0.1, 0.15) is 22.8 Å². The van der Waals surface area contributed by atoms with Crippen LogP contribution in [0.1, 0.15) is 11.3 Å². The number of nitrogens with zero attached hydrogens (tertiary/aromatic N) is 4. The molecule has 0 radical (unpaired) electrons. The molecule has 23 heavy (non-hydrogen) atoms. The van der Waals surface area contributed by atoms with Gasteiger partial charge < -0.3 is 9.47 Å². The van der Waals surface area contributed by atoms with Crippen LogP contribution < -0.4 is 9.47 Å². The zero-order valence-electron chi connectivity index (χ0n) is 13.6. The smallest absolute Gasteiger partial charge is 0.182 e. The minimum absolute atomic E-state index is 0.607. The first kappa shape index (κ1) is 15.0. The van der Waals surface area contributed by atoms with Crippen molar-refractivity contribution in [3.05, 3.63) is 47.8 Å². The Kier molecular flexibility index (Phi) is 3.97. The van der Waals surface area contributed by atoms with Crippen LogP contribution in [0.25, 0.3) is 5.65 Å². The minimum Gasteiger partial charge on any atom is -0.497 e. The summed E-state index contributed by atoms with van der Waals surface area (Å²) in [6.07, 6.45) is 1.99. The van der Waals surface area contributed by atoms with Crippen molar-refractivity contribution in [3.8, 4) is 11.5 Å². The van der Waals surface area contributed by atoms with Crippen molar-refractivity contribution in [1.29, 1.82) is 0 Å². The number of hydrogen-bond acceptors (Lipinski definition) is 5. The highest BCUT2D eigenvalue weighted by molar-refractivity contribution is 5.56. The zero-order chi connectivity index (χ0) is 16.4. The van der Waals surface area contributed by atoms with Gasteiger partial charge in [0.25, 0.3) is 0 Å². The van der Waals surface area contributed by atoms with Gasteiger partial charge in [-0.3, -0.25) is 4.40 Å². The SMILES string of the molecule is COc1ccc(N=Nc2c(C)nc3ccc(C)cn23)c(OC)c1. The average Bonchev–Trinajstić information content (AvgIpc) is 2.87. The van der Waals surface area contributed by atoms with Gasteiger partial charge in [-0.25, -0.2) is 4.98 Å². The number of fused-ring (bicyclic) bond motifs is 1. The molecule has 2 heterocycles. The minimum atomic E-state index is 0.607. The normalized spacial score (nSPS) is 11.3. The number of aromatic nitrogens is 2. The predicted molar refractivity (Wildman–Crippen MR) is 88.4 cm³/mol. The second-order valence-electron chi connectivity index (χ2n) is 5.19. The second kappa shape index (κ2) is 6.08. The van der Waals surface area contributed by atoms with Crippen LogP contribution in [0.5, 0.6) is 11.5 Å². The summed E-state index contributed by atoms with van der Waals surface area (Å²) in [5, 5.41) is 8.69. The van der Waals surface area contributed by atoms with E-state index in [9.17, 15) is 0 Å². The molecular formula is C17H18N4O2. The summed E-state index contributed by atoms with van der Waals surface area (Å²) in [5.74, 6) is 2.03. The van der Waals surface area contributed by atoms with Crippen molar-refractivity contribution in [2.24, 2.45) is 10.2 Å². The molecule has 1 aromatic carbocycles. The highest BCUT2D eigenvalue weighted by Crippen LogP contribution is 2.33. The maximum Gasteiger partial charge on any atom is 0.182 e. The van der Waals surface area contributed by atoms with Crippen molar-refractivity contribution in [1.82, 2.24) is 9.38 Å². The molecule has 118 valence electrons. The van der Waals surface area contributed by atoms with E-state index in [1.54, 1.807) is 20.3 Å². The zero-order valence-corrected chi connectivity index (χ0v) is 13.6. The Morgan fingerprint density at radius 3 is 2.57 bits per heavy atom. The van der Waals surface area contributed by atoms with Crippen molar-refractivity contribution in [2.75, 3.05) is 14.2 Å². The molecule has 0 aliphatic carbocycles. The molecule has 0 amide bonds. The maximum atomic E-state index is 5.34. The van der Waals surface area contributed by atoms with Crippen LogP contribution in [0.2, 0.25) is 0 Å². The van der Waals surface area contributed by atoms with Gasteiger partial charge in [0, 0.05) is 12.3 Å². The molecule has 0 atom stereocenters. The lowest BCUT2D eigenvalue weighted by molar-refractivity contribution is 0.395. The van der Waals surface area contributed by atoms with E-state index >= 15 is 0 Å². The molecule has 0 N–H and O–H groups in total. The summed E-state index contributed by atoms with van der Waals surface area (Å²) in [6, 6.07) is 9.40. The highest BCUT2D eigenvalue weighted by atomic mass is 16.5. The van der Waals surface area contributed by atoms with Gasteiger partial charge in [-0.1, -0.05) is 6.07 Å². The number of azo groups is 1. The van der Waals surface area contributed by atoms with Gasteiger partial charge >= 0.3 is 0 Å². The monoisotopic (exact) mass is 310 g/mol. The predicted octanol–water partition coefficient (Wildman–Crippen LogP) is 4.38. The Morgan fingerprint density at radius 2 is 1.83 bits per heavy atom. The Hall–Kier alpha value is -2.89. The third-order valence-corrected chi connectivity index (χ3v) is 3.55. The number of imidazole rings is 1. The fourth-order valence-electron chi connectivity index (χ4n) is 2.35. The molecule has 0 aliphatic heterocycles. The molecule has 0 bridgehead atoms. The van der Waals surface area contributed by atoms with Gasteiger partial charge in [-0.2, -0.15) is 0 Å². The van der Waals surface area contributed by atoms with E-state index in [1.807, 2.05) is 48.7 Å². The van der Waals surface area contributed by atoms with Crippen molar-refractivity contribution >= 4 is 17.2 Å². The lowest BCUT2D eigenvalue weighted by atomic mass is 10.3. The van der Waals surface area contributed by atoms with Gasteiger partial charge in [0.15, 0.2) is 5.82 Å². The third kappa shape index (κ3) is 2.88. The van der Waals surface area contributed by atoms with E-state index in [2.05, 4.69) is 15.2 Å². The summed E-state index contributed by atoms with van der Waals surface area (Å²) < 4.78 is 12.5. The van der Waals surface area contributed by atoms with E-state index < -0.39 is 0 Å². The van der Waals surface area contributed by atoms with E-state index in [0.29, 0.717) is 23.0 Å². The van der Waals surface area contributed by atoms with E-state index in [0.717, 1.165) is 16.9 Å². The van der Waals surface area contributed by atoms with Crippen molar-refractivity contribution in [2.45, 2.75) is 13.8 Å². The number of ether oxygens (including phenoxy) is 2. The number of methoxy groups -OCH3 is 2. The summed E-state index contributed by atoms with van der Waals surface area (Å²) in [6.45, 7) is 3.95. The highest BCUT2D eigenvalue weighted by Gasteiger charge is 2.09. The third-order valence-electron chi connectivity index (χ3n) is 3.55. The van der Waals surface area contributed by atoms with Crippen LogP contribution in [-0.2, 0) is 0 Å². The molecular weight excluding hydrogens is 292 g/mol. The Bertz CT molecular complexity index is 884. The molecule has 0 aliphatic rings. The largest absolute Gasteiger partial charge is 0.497 e. The lowest BCUT2D eigenvalue weighted by Crippen LogP contribution is -1.87. The number of pyridine rings is 1. The molecule has 3 aromatic rings. The summed E-state index contributed by atoms with van der Waals surface area (Å²) in [4.78, 5) is 4.49. The quantitative estimate of drug-likeness (QED) is 0.672. The van der Waals surface area contributed by atoms with Crippen LogP contribution in [0.15, 0.2) is 46.8 Å². The summed E-state index contributed by atoms with van der Waals surface area (Å²) >= 11 is 0. The van der Waals surface area contributed by atoms with Crippen LogP contribution in [0, 0.1) is 13.8 Å². The molecule has 2 aromatic heterocycles. The standard InChI is InChI=1S/C17H18N4O2/c1-11-5-8-16-18-12(2)17(21(16)10-11)20-19-14-7-6-13(22-3)9-15(14)23-4/h5-10H,1-4H3. The van der Waals surface area contributed by atoms with E-state index in [1.165, 1.54) is 0 Å². The summed E-state index contributed by atoms with van der Waals surface area (Å²) in [7, 11) is 3.21. The van der Waals surface area contributed by atoms with Gasteiger partial charge in [0.2, 0.25) is 0 Å². The first-order valence-corrected chi connectivity index (χ1v) is 7.21. The number of aryl methyl sites for hydroxylation is 2. The van der Waals surface area contributed by atoms with Crippen LogP contribution in [0.3, 0.4) is 0 Å². The molecule has 6 nitrogen and oxygen atoms in total. The fraction of sp³-hybridized carbons (Fsp3) is 0.235. The van der Waals surface area contributed by atoms with Crippen molar-refractivity contribution < 1.29 is 9.47 Å². The molecule has 0 unspecified atom stereocenters. The summed E-state index contributed by atoms with van der Waals surface area (Å²) in [5.41, 5.74) is 3.44. The van der Waals surface area contributed by atoms with Gasteiger partial charge in [-0.05, 0) is 37.6 Å². The molecule has 0 saturated carbocycles. The van der Waals surface area contributed by atoms with Crippen LogP contribution in [0.4, 0.5) is 11.5 Å². The van der Waals surface area contributed by atoms with E-state index in [4.69, 9.17) is 9.47 Å². The Morgan fingerprint density at radius 1 is 1.00 bits per heavy atom. The number of hydrogen-bond donors (Lipinski definition) is 0. The number of rotatable bonds is 4. The first-order chi connectivity index (χ1) is 11.1. The maximum absolute atomic E-state index is 5.34. The van der Waals surface area contributed by atoms with Crippen LogP contribution >= 0.6 is 0 Å². The van der Waals surface area contributed by atoms with Gasteiger partial charge in [0.05, 0.1) is 19.9 Å². The van der Waals surface area contributed by atoms with E-state index in [-0.39, 0.29) is 0 Å². The number of benzene rings is 1. The lowest BCUT2D eigenvalue weighted by Gasteiger charge is -2.06. The van der Waals surface area contributed by atoms with Gasteiger partial charge in [-0.15, -0.1) is 10.2 Å². The fourth-order valence-corrected chi connectivity index (χ4v) is 2.35. The molecule has 0 saturated heterocycles. The molecule has 0 spiro atoms. The topological polar surface area (TPSA) is 60.5 Å². The van der Waals surface area contributed by atoms with Crippen LogP contribution in [-0.4, -0.2) is 23.6 Å². The molecule has 0 fully saturated rings. The Balaban J connectivity index is 2.03. The average molecular weight is 310 g/mol. The first-order valence-electron chi connectivity index (χ1n) is 7.21. The second-order valence-corrected chi connectivity index (χ2v) is 5.19. The molecule has 3 rings (SSSR count). The Labute approximate surface area is 134 Å². The van der Waals surface area contributed by atoms with Crippen molar-refractivity contribution in [3.63, 3.8) is 0 Å². The molecule has 6 heteroatoms.